The van der Waals surface area contributed by atoms with E-state index in [1.165, 1.54) is 0 Å². The monoisotopic (exact) mass is 287 g/mol. The lowest BCUT2D eigenvalue weighted by molar-refractivity contribution is 0.0785. The van der Waals surface area contributed by atoms with Gasteiger partial charge in [-0.1, -0.05) is 25.7 Å². The van der Waals surface area contributed by atoms with Crippen LogP contribution in [-0.4, -0.2) is 42.7 Å². The first-order valence-corrected chi connectivity index (χ1v) is 7.13. The molecule has 1 aliphatic rings. The predicted octanol–water partition coefficient (Wildman–Crippen LogP) is 1.77. The Morgan fingerprint density at radius 2 is 2.05 bits per heavy atom. The summed E-state index contributed by atoms with van der Waals surface area (Å²) in [7, 11) is 1.56. The Bertz CT molecular complexity index is 575. The van der Waals surface area contributed by atoms with Gasteiger partial charge in [0.25, 0.3) is 5.91 Å². The zero-order chi connectivity index (χ0) is 15.4. The van der Waals surface area contributed by atoms with Crippen molar-refractivity contribution in [3.63, 3.8) is 0 Å². The Kier molecular flexibility index (Phi) is 4.87. The molecule has 1 aromatic rings. The van der Waals surface area contributed by atoms with E-state index in [0.717, 1.165) is 13.1 Å². The molecule has 4 heteroatoms. The number of ether oxygens (including phenoxy) is 1. The number of amides is 1. The van der Waals surface area contributed by atoms with Gasteiger partial charge in [-0.2, -0.15) is 0 Å². The molecule has 21 heavy (non-hydrogen) atoms. The van der Waals surface area contributed by atoms with E-state index in [9.17, 15) is 4.79 Å². The number of aliphatic hydroxyl groups is 1. The van der Waals surface area contributed by atoms with Gasteiger partial charge in [-0.25, -0.2) is 0 Å². The Morgan fingerprint density at radius 1 is 1.38 bits per heavy atom. The lowest BCUT2D eigenvalue weighted by Crippen LogP contribution is -2.28. The first kappa shape index (κ1) is 15.4. The van der Waals surface area contributed by atoms with E-state index in [-0.39, 0.29) is 12.5 Å². The maximum Gasteiger partial charge on any atom is 0.253 e. The summed E-state index contributed by atoms with van der Waals surface area (Å²) in [5.74, 6) is 7.10. The fourth-order valence-corrected chi connectivity index (χ4v) is 2.55. The number of likely N-dealkylation sites (tertiary alicyclic amines) is 1. The second-order valence-corrected chi connectivity index (χ2v) is 5.54. The summed E-state index contributed by atoms with van der Waals surface area (Å²) >= 11 is 0. The van der Waals surface area contributed by atoms with Crippen molar-refractivity contribution in [2.45, 2.75) is 13.8 Å². The molecule has 0 saturated carbocycles. The Hall–Kier alpha value is -1.99. The van der Waals surface area contributed by atoms with Crippen molar-refractivity contribution in [1.82, 2.24) is 4.90 Å². The van der Waals surface area contributed by atoms with Crippen LogP contribution in [-0.2, 0) is 0 Å². The number of carbonyl (C=O) groups is 1. The zero-order valence-corrected chi connectivity index (χ0v) is 12.7. The van der Waals surface area contributed by atoms with Gasteiger partial charge < -0.3 is 14.7 Å². The molecule has 4 nitrogen and oxygen atoms in total. The third kappa shape index (κ3) is 3.37. The van der Waals surface area contributed by atoms with Gasteiger partial charge >= 0.3 is 0 Å². The lowest BCUT2D eigenvalue weighted by atomic mass is 10.0. The van der Waals surface area contributed by atoms with E-state index in [2.05, 4.69) is 25.7 Å². The van der Waals surface area contributed by atoms with Crippen LogP contribution < -0.4 is 4.74 Å². The molecule has 0 radical (unpaired) electrons. The van der Waals surface area contributed by atoms with Crippen LogP contribution in [0.5, 0.6) is 5.75 Å². The van der Waals surface area contributed by atoms with Crippen molar-refractivity contribution in [2.75, 3.05) is 26.8 Å². The molecule has 1 saturated heterocycles. The van der Waals surface area contributed by atoms with Crippen LogP contribution in [0.25, 0.3) is 0 Å². The minimum atomic E-state index is -0.220. The van der Waals surface area contributed by atoms with Crippen molar-refractivity contribution in [3.8, 4) is 17.6 Å². The maximum atomic E-state index is 12.6. The van der Waals surface area contributed by atoms with Crippen LogP contribution in [0.1, 0.15) is 29.8 Å². The standard InChI is InChI=1S/C17H21NO3/c1-12-10-18(11-13(12)2)17(20)15-6-7-16(21-3)14(9-15)5-4-8-19/h6-7,9,12-13,19H,8,10-11H2,1-3H3. The van der Waals surface area contributed by atoms with Gasteiger partial charge in [-0.15, -0.1) is 0 Å². The Balaban J connectivity index is 2.26. The predicted molar refractivity (Wildman–Crippen MR) is 81.2 cm³/mol. The summed E-state index contributed by atoms with van der Waals surface area (Å²) in [6, 6.07) is 5.24. The van der Waals surface area contributed by atoms with Crippen molar-refractivity contribution in [2.24, 2.45) is 11.8 Å². The van der Waals surface area contributed by atoms with Gasteiger partial charge in [-0.3, -0.25) is 4.79 Å². The highest BCUT2D eigenvalue weighted by Gasteiger charge is 2.30. The molecule has 2 rings (SSSR count). The Morgan fingerprint density at radius 3 is 2.62 bits per heavy atom. The summed E-state index contributed by atoms with van der Waals surface area (Å²) in [5.41, 5.74) is 1.23. The SMILES string of the molecule is COc1ccc(C(=O)N2CC(C)C(C)C2)cc1C#CCO. The fourth-order valence-electron chi connectivity index (χ4n) is 2.55. The highest BCUT2D eigenvalue weighted by atomic mass is 16.5. The summed E-state index contributed by atoms with van der Waals surface area (Å²) < 4.78 is 5.23. The van der Waals surface area contributed by atoms with E-state index >= 15 is 0 Å². The number of aliphatic hydroxyl groups excluding tert-OH is 1. The average Bonchev–Trinajstić information content (AvgIpc) is 2.83. The van der Waals surface area contributed by atoms with Gasteiger partial charge in [0.1, 0.15) is 12.4 Å². The molecule has 1 aromatic carbocycles. The zero-order valence-electron chi connectivity index (χ0n) is 12.7. The van der Waals surface area contributed by atoms with Gasteiger partial charge in [0.05, 0.1) is 12.7 Å². The molecule has 1 amide bonds. The molecule has 2 atom stereocenters. The summed E-state index contributed by atoms with van der Waals surface area (Å²) in [5, 5.41) is 8.81. The van der Waals surface area contributed by atoms with Crippen LogP contribution >= 0.6 is 0 Å². The molecular formula is C17H21NO3. The molecule has 1 aliphatic heterocycles. The Labute approximate surface area is 125 Å². The molecule has 0 aliphatic carbocycles. The number of hydrogen-bond acceptors (Lipinski definition) is 3. The number of carbonyl (C=O) groups excluding carboxylic acids is 1. The summed E-state index contributed by atoms with van der Waals surface area (Å²) in [4.78, 5) is 14.4. The first-order chi connectivity index (χ1) is 10.1. The number of benzene rings is 1. The minimum Gasteiger partial charge on any atom is -0.495 e. The van der Waals surface area contributed by atoms with E-state index in [1.54, 1.807) is 25.3 Å². The number of hydrogen-bond donors (Lipinski definition) is 1. The highest BCUT2D eigenvalue weighted by molar-refractivity contribution is 5.95. The molecule has 0 spiro atoms. The molecular weight excluding hydrogens is 266 g/mol. The van der Waals surface area contributed by atoms with E-state index < -0.39 is 0 Å². The van der Waals surface area contributed by atoms with Crippen molar-refractivity contribution in [1.29, 1.82) is 0 Å². The largest absolute Gasteiger partial charge is 0.495 e. The normalized spacial score (nSPS) is 20.9. The van der Waals surface area contributed by atoms with E-state index in [1.807, 2.05) is 4.90 Å². The quantitative estimate of drug-likeness (QED) is 0.843. The molecule has 0 bridgehead atoms. The van der Waals surface area contributed by atoms with Crippen LogP contribution in [0.2, 0.25) is 0 Å². The van der Waals surface area contributed by atoms with Crippen molar-refractivity contribution >= 4 is 5.91 Å². The van der Waals surface area contributed by atoms with Gasteiger partial charge in [0, 0.05) is 18.7 Å². The fraction of sp³-hybridized carbons (Fsp3) is 0.471. The highest BCUT2D eigenvalue weighted by Crippen LogP contribution is 2.25. The lowest BCUT2D eigenvalue weighted by Gasteiger charge is -2.16. The number of methoxy groups -OCH3 is 1. The van der Waals surface area contributed by atoms with Gasteiger partial charge in [-0.05, 0) is 30.0 Å². The van der Waals surface area contributed by atoms with E-state index in [4.69, 9.17) is 9.84 Å². The van der Waals surface area contributed by atoms with Crippen LogP contribution in [0.4, 0.5) is 0 Å². The smallest absolute Gasteiger partial charge is 0.253 e. The first-order valence-electron chi connectivity index (χ1n) is 7.13. The van der Waals surface area contributed by atoms with Crippen molar-refractivity contribution < 1.29 is 14.6 Å². The van der Waals surface area contributed by atoms with E-state index in [0.29, 0.717) is 28.7 Å². The van der Waals surface area contributed by atoms with Gasteiger partial charge in [0.2, 0.25) is 0 Å². The van der Waals surface area contributed by atoms with Crippen LogP contribution in [0, 0.1) is 23.7 Å². The number of rotatable bonds is 2. The second kappa shape index (κ2) is 6.64. The molecule has 1 N–H and O–H groups in total. The maximum absolute atomic E-state index is 12.6. The second-order valence-electron chi connectivity index (χ2n) is 5.54. The molecule has 1 heterocycles. The third-order valence-corrected chi connectivity index (χ3v) is 4.02. The molecule has 1 fully saturated rings. The minimum absolute atomic E-state index is 0.0286. The molecule has 0 aromatic heterocycles. The topological polar surface area (TPSA) is 49.8 Å². The summed E-state index contributed by atoms with van der Waals surface area (Å²) in [6.45, 7) is 5.71. The van der Waals surface area contributed by atoms with Crippen LogP contribution in [0.15, 0.2) is 18.2 Å². The van der Waals surface area contributed by atoms with Crippen LogP contribution in [0.3, 0.4) is 0 Å². The molecule has 112 valence electrons. The van der Waals surface area contributed by atoms with Gasteiger partial charge in [0.15, 0.2) is 0 Å². The average molecular weight is 287 g/mol. The number of nitrogens with zero attached hydrogens (tertiary/aromatic N) is 1. The molecule has 2 unspecified atom stereocenters. The summed E-state index contributed by atoms with van der Waals surface area (Å²) in [6.07, 6.45) is 0. The van der Waals surface area contributed by atoms with Crippen molar-refractivity contribution in [3.05, 3.63) is 29.3 Å². The third-order valence-electron chi connectivity index (χ3n) is 4.02.